The minimum atomic E-state index is 0.255. The highest BCUT2D eigenvalue weighted by molar-refractivity contribution is 5.52. The first kappa shape index (κ1) is 15.7. The Morgan fingerprint density at radius 2 is 1.77 bits per heavy atom. The van der Waals surface area contributed by atoms with Gasteiger partial charge in [0.15, 0.2) is 0 Å². The highest BCUT2D eigenvalue weighted by Gasteiger charge is 2.02. The maximum atomic E-state index is 9.44. The van der Waals surface area contributed by atoms with E-state index in [1.807, 2.05) is 31.2 Å². The molecule has 0 bridgehead atoms. The number of nitrogens with zero attached hydrogens (tertiary/aromatic N) is 1. The Morgan fingerprint density at radius 3 is 2.45 bits per heavy atom. The fourth-order valence-electron chi connectivity index (χ4n) is 2.28. The fraction of sp³-hybridized carbons (Fsp3) is 0.250. The predicted octanol–water partition coefficient (Wildman–Crippen LogP) is 4.31. The second-order valence-electron chi connectivity index (χ2n) is 5.34. The van der Waals surface area contributed by atoms with Gasteiger partial charge in [0, 0.05) is 11.1 Å². The number of aromatic hydroxyl groups is 1. The topological polar surface area (TPSA) is 44.0 Å². The molecule has 1 N–H and O–H groups in total. The molecule has 2 aromatic rings. The molecule has 110 valence electrons. The number of unbranched alkanes of at least 4 members (excludes halogenated alkanes) is 1. The smallest absolute Gasteiger partial charge is 0.115 e. The molecular formula is C20H19NO. The van der Waals surface area contributed by atoms with Crippen LogP contribution in [0.1, 0.15) is 47.6 Å². The van der Waals surface area contributed by atoms with Crippen molar-refractivity contribution < 1.29 is 5.11 Å². The Bertz CT molecular complexity index is 773. The van der Waals surface area contributed by atoms with Crippen LogP contribution in [0.2, 0.25) is 0 Å². The van der Waals surface area contributed by atoms with Crippen molar-refractivity contribution in [2.24, 2.45) is 0 Å². The van der Waals surface area contributed by atoms with Crippen LogP contribution in [0.4, 0.5) is 0 Å². The molecule has 0 aliphatic heterocycles. The molecule has 2 heteroatoms. The Morgan fingerprint density at radius 1 is 1.05 bits per heavy atom. The van der Waals surface area contributed by atoms with Gasteiger partial charge in [0.2, 0.25) is 0 Å². The van der Waals surface area contributed by atoms with Gasteiger partial charge in [-0.1, -0.05) is 25.2 Å². The third-order valence-electron chi connectivity index (χ3n) is 3.58. The van der Waals surface area contributed by atoms with E-state index in [1.54, 1.807) is 12.1 Å². The lowest BCUT2D eigenvalue weighted by Gasteiger charge is -2.04. The normalized spacial score (nSPS) is 9.68. The Kier molecular flexibility index (Phi) is 5.23. The largest absolute Gasteiger partial charge is 0.508 e. The number of hydrogen-bond donors (Lipinski definition) is 1. The highest BCUT2D eigenvalue weighted by atomic mass is 16.3. The number of nitriles is 1. The van der Waals surface area contributed by atoms with Gasteiger partial charge in [0.05, 0.1) is 11.6 Å². The number of rotatable bonds is 3. The lowest BCUT2D eigenvalue weighted by atomic mass is 9.99. The van der Waals surface area contributed by atoms with Gasteiger partial charge in [-0.05, 0) is 67.3 Å². The molecule has 0 unspecified atom stereocenters. The fourth-order valence-corrected chi connectivity index (χ4v) is 2.28. The first-order chi connectivity index (χ1) is 10.6. The van der Waals surface area contributed by atoms with Crippen LogP contribution in [0, 0.1) is 30.1 Å². The zero-order valence-electron chi connectivity index (χ0n) is 13.0. The van der Waals surface area contributed by atoms with Gasteiger partial charge >= 0.3 is 0 Å². The first-order valence-corrected chi connectivity index (χ1v) is 7.48. The summed E-state index contributed by atoms with van der Waals surface area (Å²) in [4.78, 5) is 0. The van der Waals surface area contributed by atoms with Gasteiger partial charge in [0.25, 0.3) is 0 Å². The molecule has 0 aromatic heterocycles. The van der Waals surface area contributed by atoms with Crippen LogP contribution in [0.15, 0.2) is 36.4 Å². The first-order valence-electron chi connectivity index (χ1n) is 7.48. The zero-order valence-corrected chi connectivity index (χ0v) is 13.0. The molecule has 0 spiro atoms. The summed E-state index contributed by atoms with van der Waals surface area (Å²) < 4.78 is 0. The molecule has 0 aliphatic carbocycles. The molecular weight excluding hydrogens is 270 g/mol. The van der Waals surface area contributed by atoms with E-state index in [4.69, 9.17) is 5.26 Å². The molecule has 0 amide bonds. The Balaban J connectivity index is 2.37. The molecule has 2 aromatic carbocycles. The van der Waals surface area contributed by atoms with Crippen molar-refractivity contribution in [3.05, 3.63) is 64.2 Å². The summed E-state index contributed by atoms with van der Waals surface area (Å²) in [5.74, 6) is 6.63. The minimum absolute atomic E-state index is 0.255. The van der Waals surface area contributed by atoms with Crippen molar-refractivity contribution >= 4 is 0 Å². The van der Waals surface area contributed by atoms with E-state index in [0.717, 1.165) is 41.5 Å². The maximum absolute atomic E-state index is 9.44. The zero-order chi connectivity index (χ0) is 15.9. The van der Waals surface area contributed by atoms with Crippen LogP contribution >= 0.6 is 0 Å². The van der Waals surface area contributed by atoms with Gasteiger partial charge in [0.1, 0.15) is 5.75 Å². The number of phenols is 1. The number of phenolic OH excluding ortho intramolecular Hbond substituents is 1. The quantitative estimate of drug-likeness (QED) is 0.855. The maximum Gasteiger partial charge on any atom is 0.115 e. The highest BCUT2D eigenvalue weighted by Crippen LogP contribution is 2.17. The summed E-state index contributed by atoms with van der Waals surface area (Å²) in [7, 11) is 0. The van der Waals surface area contributed by atoms with Gasteiger partial charge in [-0.2, -0.15) is 5.26 Å². The van der Waals surface area contributed by atoms with E-state index in [9.17, 15) is 5.11 Å². The Hall–Kier alpha value is -2.71. The molecule has 0 heterocycles. The number of hydrogen-bond acceptors (Lipinski definition) is 2. The third-order valence-corrected chi connectivity index (χ3v) is 3.58. The molecule has 0 aliphatic rings. The second-order valence-corrected chi connectivity index (χ2v) is 5.34. The van der Waals surface area contributed by atoms with Gasteiger partial charge in [-0.25, -0.2) is 0 Å². The number of aryl methyl sites for hydroxylation is 2. The molecule has 0 atom stereocenters. The van der Waals surface area contributed by atoms with Gasteiger partial charge in [-0.3, -0.25) is 0 Å². The minimum Gasteiger partial charge on any atom is -0.508 e. The summed E-state index contributed by atoms with van der Waals surface area (Å²) in [6, 6.07) is 13.0. The van der Waals surface area contributed by atoms with Crippen LogP contribution < -0.4 is 0 Å². The summed E-state index contributed by atoms with van der Waals surface area (Å²) in [5.41, 5.74) is 4.64. The van der Waals surface area contributed by atoms with Crippen LogP contribution in [0.3, 0.4) is 0 Å². The average molecular weight is 289 g/mol. The van der Waals surface area contributed by atoms with E-state index in [0.29, 0.717) is 5.56 Å². The van der Waals surface area contributed by atoms with Crippen molar-refractivity contribution in [1.29, 1.82) is 5.26 Å². The van der Waals surface area contributed by atoms with Crippen LogP contribution in [0.5, 0.6) is 5.75 Å². The lowest BCUT2D eigenvalue weighted by molar-refractivity contribution is 0.475. The number of benzene rings is 2. The predicted molar refractivity (Wildman–Crippen MR) is 88.6 cm³/mol. The standard InChI is InChI=1S/C20H19NO/c1-3-4-5-19-13-16(14-21)6-7-18(19)9-8-17-10-11-20(22)12-15(17)2/h6-7,10-13,22H,3-5H2,1-2H3. The van der Waals surface area contributed by atoms with Crippen molar-refractivity contribution in [2.75, 3.05) is 0 Å². The molecule has 0 fully saturated rings. The van der Waals surface area contributed by atoms with Crippen LogP contribution in [-0.2, 0) is 6.42 Å². The molecule has 2 rings (SSSR count). The van der Waals surface area contributed by atoms with E-state index in [1.165, 1.54) is 0 Å². The van der Waals surface area contributed by atoms with Crippen LogP contribution in [-0.4, -0.2) is 5.11 Å². The SMILES string of the molecule is CCCCc1cc(C#N)ccc1C#Cc1ccc(O)cc1C. The third kappa shape index (κ3) is 3.90. The van der Waals surface area contributed by atoms with Crippen molar-refractivity contribution in [3.63, 3.8) is 0 Å². The molecule has 0 saturated carbocycles. The summed E-state index contributed by atoms with van der Waals surface area (Å²) in [6.07, 6.45) is 3.13. The summed E-state index contributed by atoms with van der Waals surface area (Å²) in [6.45, 7) is 4.08. The molecule has 22 heavy (non-hydrogen) atoms. The Labute approximate surface area is 132 Å². The van der Waals surface area contributed by atoms with Crippen molar-refractivity contribution in [3.8, 4) is 23.7 Å². The average Bonchev–Trinajstić information content (AvgIpc) is 2.52. The summed E-state index contributed by atoms with van der Waals surface area (Å²) in [5, 5.41) is 18.5. The van der Waals surface area contributed by atoms with E-state index < -0.39 is 0 Å². The van der Waals surface area contributed by atoms with Crippen LogP contribution in [0.25, 0.3) is 0 Å². The van der Waals surface area contributed by atoms with Crippen molar-refractivity contribution in [2.45, 2.75) is 33.1 Å². The monoisotopic (exact) mass is 289 g/mol. The van der Waals surface area contributed by atoms with Crippen molar-refractivity contribution in [1.82, 2.24) is 0 Å². The van der Waals surface area contributed by atoms with Gasteiger partial charge in [-0.15, -0.1) is 0 Å². The lowest BCUT2D eigenvalue weighted by Crippen LogP contribution is -1.92. The molecule has 2 nitrogen and oxygen atoms in total. The second kappa shape index (κ2) is 7.34. The molecule has 0 radical (unpaired) electrons. The van der Waals surface area contributed by atoms with E-state index in [2.05, 4.69) is 24.8 Å². The van der Waals surface area contributed by atoms with E-state index in [-0.39, 0.29) is 5.75 Å². The van der Waals surface area contributed by atoms with E-state index >= 15 is 0 Å². The van der Waals surface area contributed by atoms with Gasteiger partial charge < -0.3 is 5.11 Å². The molecule has 0 saturated heterocycles. The summed E-state index contributed by atoms with van der Waals surface area (Å²) >= 11 is 0.